The van der Waals surface area contributed by atoms with Crippen LogP contribution in [0.25, 0.3) is 10.9 Å². The zero-order valence-electron chi connectivity index (χ0n) is 21.3. The summed E-state index contributed by atoms with van der Waals surface area (Å²) in [4.78, 5) is 15.3. The first kappa shape index (κ1) is 32.3. The second kappa shape index (κ2) is 16.9. The number of anilines is 1. The Labute approximate surface area is 258 Å². The van der Waals surface area contributed by atoms with Crippen molar-refractivity contribution in [2.45, 2.75) is 52.0 Å². The van der Waals surface area contributed by atoms with Gasteiger partial charge in [0.25, 0.3) is 0 Å². The van der Waals surface area contributed by atoms with Crippen molar-refractivity contribution in [1.29, 1.82) is 0 Å². The molecular weight excluding hydrogens is 511 g/mol. The van der Waals surface area contributed by atoms with Crippen molar-refractivity contribution in [2.24, 2.45) is 16.0 Å². The summed E-state index contributed by atoms with van der Waals surface area (Å²) in [6.07, 6.45) is 1.88. The molecule has 0 radical (unpaired) electrons. The number of aliphatic imine (C=N–C) groups is 1. The number of hydrogen-bond acceptors (Lipinski definition) is 6. The molecule has 0 saturated heterocycles. The Bertz CT molecular complexity index is 1060. The van der Waals surface area contributed by atoms with E-state index in [4.69, 9.17) is 10.1 Å². The van der Waals surface area contributed by atoms with E-state index in [1.807, 2.05) is 13.8 Å². The third kappa shape index (κ3) is 10.7. The van der Waals surface area contributed by atoms with Gasteiger partial charge in [0, 0.05) is 36.0 Å². The second-order valence-corrected chi connectivity index (χ2v) is 8.30. The Morgan fingerprint density at radius 1 is 1.44 bits per heavy atom. The van der Waals surface area contributed by atoms with Gasteiger partial charge >= 0.3 is 51.4 Å². The summed E-state index contributed by atoms with van der Waals surface area (Å²) in [7, 11) is 1.41. The molecule has 1 atom stereocenters. The first-order valence-electron chi connectivity index (χ1n) is 11.2. The summed E-state index contributed by atoms with van der Waals surface area (Å²) in [5, 5.41) is 12.3. The van der Waals surface area contributed by atoms with Crippen LogP contribution in [0.5, 0.6) is 0 Å². The number of methoxy groups -OCH3 is 1. The number of thioether (sulfide) groups is 1. The summed E-state index contributed by atoms with van der Waals surface area (Å²) in [6, 6.07) is 5.04. The van der Waals surface area contributed by atoms with Gasteiger partial charge in [-0.25, -0.2) is 8.78 Å². The number of nitrogens with one attached hydrogen (secondary N) is 2. The predicted octanol–water partition coefficient (Wildman–Crippen LogP) is 3.25. The molecule has 11 heteroatoms. The Hall–Kier alpha value is -1.68. The van der Waals surface area contributed by atoms with Crippen LogP contribution in [-0.4, -0.2) is 36.7 Å². The Kier molecular flexibility index (Phi) is 15.2. The average Bonchev–Trinajstić information content (AvgIpc) is 3.56. The van der Waals surface area contributed by atoms with E-state index < -0.39 is 18.3 Å². The van der Waals surface area contributed by atoms with Crippen molar-refractivity contribution in [1.82, 2.24) is 5.43 Å². The SMILES string of the molecule is C=N/C=C(OC)\C(=C/CC(F)F)c1cc(NC(C)=O)ccc1[N-]C1NN=C(C#CC2CC2)S1.CC.[K+]. The van der Waals surface area contributed by atoms with Gasteiger partial charge in [0.2, 0.25) is 12.3 Å². The topological polar surface area (TPSA) is 89.2 Å². The summed E-state index contributed by atoms with van der Waals surface area (Å²) < 4.78 is 31.5. The van der Waals surface area contributed by atoms with Crippen LogP contribution in [-0.2, 0) is 9.53 Å². The fourth-order valence-electron chi connectivity index (χ4n) is 2.91. The number of alkyl halides is 2. The zero-order chi connectivity index (χ0) is 25.8. The van der Waals surface area contributed by atoms with E-state index in [0.29, 0.717) is 33.5 Å². The largest absolute Gasteiger partial charge is 1.00 e. The molecule has 1 heterocycles. The molecule has 1 saturated carbocycles. The van der Waals surface area contributed by atoms with Crippen molar-refractivity contribution in [3.8, 4) is 11.8 Å². The number of benzene rings is 1. The number of carbonyl (C=O) groups is 1. The van der Waals surface area contributed by atoms with Crippen molar-refractivity contribution in [2.75, 3.05) is 12.4 Å². The summed E-state index contributed by atoms with van der Waals surface area (Å²) in [5.41, 5.74) is 4.31. The second-order valence-electron chi connectivity index (χ2n) is 7.23. The Balaban J connectivity index is 0.00000211. The first-order chi connectivity index (χ1) is 16.9. The molecule has 3 rings (SSSR count). The number of halogens is 2. The smallest absolute Gasteiger partial charge is 0.655 e. The monoisotopic (exact) mass is 541 g/mol. The van der Waals surface area contributed by atoms with Crippen molar-refractivity contribution < 1.29 is 69.7 Å². The molecule has 1 aliphatic carbocycles. The number of hydrogen-bond donors (Lipinski definition) is 2. The normalized spacial score (nSPS) is 16.8. The molecule has 7 nitrogen and oxygen atoms in total. The summed E-state index contributed by atoms with van der Waals surface area (Å²) >= 11 is 1.37. The minimum absolute atomic E-state index is 0. The molecule has 188 valence electrons. The van der Waals surface area contributed by atoms with Crippen LogP contribution in [0.3, 0.4) is 0 Å². The predicted molar refractivity (Wildman–Crippen MR) is 141 cm³/mol. The maximum Gasteiger partial charge on any atom is 1.00 e. The Morgan fingerprint density at radius 3 is 2.75 bits per heavy atom. The van der Waals surface area contributed by atoms with E-state index in [1.54, 1.807) is 18.2 Å². The molecule has 1 unspecified atom stereocenters. The Morgan fingerprint density at radius 2 is 2.17 bits per heavy atom. The maximum absolute atomic E-state index is 13.1. The van der Waals surface area contributed by atoms with Gasteiger partial charge in [-0.05, 0) is 43.2 Å². The number of allylic oxidation sites excluding steroid dienone is 2. The molecule has 1 fully saturated rings. The third-order valence-electron chi connectivity index (χ3n) is 4.52. The number of carbonyl (C=O) groups excluding carboxylic acids is 1. The van der Waals surface area contributed by atoms with E-state index in [2.05, 4.69) is 39.4 Å². The van der Waals surface area contributed by atoms with Gasteiger partial charge in [0.15, 0.2) is 5.04 Å². The van der Waals surface area contributed by atoms with Gasteiger partial charge in [0.1, 0.15) is 5.76 Å². The molecule has 36 heavy (non-hydrogen) atoms. The van der Waals surface area contributed by atoms with E-state index in [-0.39, 0.29) is 63.1 Å². The van der Waals surface area contributed by atoms with Crippen LogP contribution < -0.4 is 62.1 Å². The summed E-state index contributed by atoms with van der Waals surface area (Å²) in [6.45, 7) is 8.80. The van der Waals surface area contributed by atoms with Gasteiger partial charge in [-0.3, -0.25) is 9.79 Å². The third-order valence-corrected chi connectivity index (χ3v) is 5.37. The average molecular weight is 542 g/mol. The fourth-order valence-corrected chi connectivity index (χ4v) is 3.62. The molecule has 1 aliphatic heterocycles. The number of nitrogens with zero attached hydrogens (tertiary/aromatic N) is 3. The molecule has 0 spiro atoms. The van der Waals surface area contributed by atoms with Crippen LogP contribution in [0.15, 0.2) is 46.3 Å². The van der Waals surface area contributed by atoms with E-state index in [1.165, 1.54) is 38.1 Å². The van der Waals surface area contributed by atoms with Crippen molar-refractivity contribution >= 4 is 46.4 Å². The van der Waals surface area contributed by atoms with E-state index >= 15 is 0 Å². The van der Waals surface area contributed by atoms with E-state index in [9.17, 15) is 13.6 Å². The van der Waals surface area contributed by atoms with Gasteiger partial charge in [-0.2, -0.15) is 5.10 Å². The molecule has 2 N–H and O–H groups in total. The number of rotatable bonds is 9. The van der Waals surface area contributed by atoms with Crippen LogP contribution >= 0.6 is 11.8 Å². The molecule has 1 amide bonds. The molecular formula is C25H30F2KN5O2S. The first-order valence-corrected chi connectivity index (χ1v) is 12.1. The maximum atomic E-state index is 13.1. The van der Waals surface area contributed by atoms with Crippen LogP contribution in [0.1, 0.15) is 45.6 Å². The van der Waals surface area contributed by atoms with Crippen LogP contribution in [0, 0.1) is 17.8 Å². The zero-order valence-corrected chi connectivity index (χ0v) is 25.2. The van der Waals surface area contributed by atoms with Gasteiger partial charge in [-0.1, -0.05) is 43.7 Å². The summed E-state index contributed by atoms with van der Waals surface area (Å²) in [5.74, 6) is 6.64. The van der Waals surface area contributed by atoms with Crippen LogP contribution in [0.2, 0.25) is 0 Å². The molecule has 0 bridgehead atoms. The molecule has 1 aromatic rings. The molecule has 0 aromatic heterocycles. The van der Waals surface area contributed by atoms with Gasteiger partial charge < -0.3 is 20.8 Å². The number of amides is 1. The fraction of sp³-hybridized carbons (Fsp3) is 0.400. The minimum atomic E-state index is -2.55. The molecule has 2 aliphatic rings. The molecule has 1 aromatic carbocycles. The minimum Gasteiger partial charge on any atom is -0.655 e. The van der Waals surface area contributed by atoms with Crippen LogP contribution in [0.4, 0.5) is 20.2 Å². The van der Waals surface area contributed by atoms with Gasteiger partial charge in [0.05, 0.1) is 13.3 Å². The van der Waals surface area contributed by atoms with Crippen molar-refractivity contribution in [3.05, 3.63) is 47.1 Å². The quantitative estimate of drug-likeness (QED) is 0.165. The van der Waals surface area contributed by atoms with E-state index in [0.717, 1.165) is 12.8 Å². The number of hydrazone groups is 1. The number of ether oxygens (including phenoxy) is 1. The standard InChI is InChI=1S/C23H24F2N5O2S.C2H6.K/c1-14(31)27-16-7-9-19(28-23-30-29-22(33-23)11-6-15-4-5-15)18(12-16)17(8-10-21(24)25)20(32-3)13-26-2;1-2;/h7-9,12-13,15,21,23,30H,2,4-5,10H2,1,3H3,(H,27,31);1-2H3;/q-1;;+1/b17-8-,20-13+;;. The van der Waals surface area contributed by atoms with Crippen molar-refractivity contribution in [3.63, 3.8) is 0 Å². The van der Waals surface area contributed by atoms with Gasteiger partial charge in [-0.15, -0.1) is 5.69 Å².